The summed E-state index contributed by atoms with van der Waals surface area (Å²) in [7, 11) is 0. The van der Waals surface area contributed by atoms with Crippen LogP contribution in [-0.2, 0) is 4.74 Å². The standard InChI is InChI=1S/C21H40N4O2/c1-20(2,3)27-19(26)24-14-11-21(4,15-24)25-12-9-16(10-13-25)23-18-8-6-5-7-17(18)22/h16-18,23H,5-15,22H2,1-4H3/t17-,18-,21?/m0/s1. The molecule has 27 heavy (non-hydrogen) atoms. The fourth-order valence-electron chi connectivity index (χ4n) is 4.94. The first kappa shape index (κ1) is 20.9. The third-order valence-corrected chi connectivity index (χ3v) is 6.63. The molecule has 0 spiro atoms. The second kappa shape index (κ2) is 8.26. The van der Waals surface area contributed by atoms with E-state index in [2.05, 4.69) is 17.1 Å². The maximum Gasteiger partial charge on any atom is 0.410 e. The smallest absolute Gasteiger partial charge is 0.410 e. The van der Waals surface area contributed by atoms with E-state index in [1.54, 1.807) is 0 Å². The molecular weight excluding hydrogens is 340 g/mol. The molecule has 2 aliphatic heterocycles. The Balaban J connectivity index is 1.47. The summed E-state index contributed by atoms with van der Waals surface area (Å²) in [6, 6.07) is 1.41. The van der Waals surface area contributed by atoms with Gasteiger partial charge in [-0.3, -0.25) is 4.90 Å². The predicted molar refractivity (Wildman–Crippen MR) is 109 cm³/mol. The average molecular weight is 381 g/mol. The number of likely N-dealkylation sites (tertiary alicyclic amines) is 2. The second-order valence-corrected chi connectivity index (χ2v) is 10.1. The van der Waals surface area contributed by atoms with Crippen LogP contribution in [0.25, 0.3) is 0 Å². The summed E-state index contributed by atoms with van der Waals surface area (Å²) in [5.41, 5.74) is 5.95. The quantitative estimate of drug-likeness (QED) is 0.788. The zero-order valence-corrected chi connectivity index (χ0v) is 17.8. The van der Waals surface area contributed by atoms with E-state index in [0.717, 1.165) is 39.0 Å². The fraction of sp³-hybridized carbons (Fsp3) is 0.952. The lowest BCUT2D eigenvalue weighted by Crippen LogP contribution is -2.57. The van der Waals surface area contributed by atoms with Gasteiger partial charge in [-0.2, -0.15) is 0 Å². The van der Waals surface area contributed by atoms with E-state index in [0.29, 0.717) is 18.1 Å². The van der Waals surface area contributed by atoms with Gasteiger partial charge in [-0.1, -0.05) is 12.8 Å². The maximum atomic E-state index is 12.4. The molecule has 2 heterocycles. The maximum absolute atomic E-state index is 12.4. The molecule has 3 fully saturated rings. The molecule has 1 aliphatic carbocycles. The van der Waals surface area contributed by atoms with Gasteiger partial charge >= 0.3 is 6.09 Å². The van der Waals surface area contributed by atoms with Gasteiger partial charge in [0.2, 0.25) is 0 Å². The van der Waals surface area contributed by atoms with Crippen LogP contribution in [0.5, 0.6) is 0 Å². The Labute approximate surface area is 165 Å². The van der Waals surface area contributed by atoms with Crippen LogP contribution in [0.1, 0.15) is 72.6 Å². The van der Waals surface area contributed by atoms with Gasteiger partial charge in [-0.15, -0.1) is 0 Å². The highest BCUT2D eigenvalue weighted by Gasteiger charge is 2.43. The first-order chi connectivity index (χ1) is 12.7. The van der Waals surface area contributed by atoms with Gasteiger partial charge in [0.25, 0.3) is 0 Å². The van der Waals surface area contributed by atoms with Crippen molar-refractivity contribution in [3.63, 3.8) is 0 Å². The molecule has 1 amide bonds. The van der Waals surface area contributed by atoms with Crippen LogP contribution in [0, 0.1) is 0 Å². The molecule has 3 atom stereocenters. The van der Waals surface area contributed by atoms with E-state index in [9.17, 15) is 4.79 Å². The normalized spacial score (nSPS) is 34.0. The van der Waals surface area contributed by atoms with Crippen LogP contribution in [0.3, 0.4) is 0 Å². The first-order valence-corrected chi connectivity index (χ1v) is 10.9. The lowest BCUT2D eigenvalue weighted by molar-refractivity contribution is 0.0224. The SMILES string of the molecule is CC(C)(C)OC(=O)N1CCC(C)(N2CCC(N[C@H]3CCCC[C@@H]3N)CC2)C1. The summed E-state index contributed by atoms with van der Waals surface area (Å²) in [6.45, 7) is 11.8. The molecule has 6 heteroatoms. The number of amides is 1. The largest absolute Gasteiger partial charge is 0.444 e. The third kappa shape index (κ3) is 5.36. The summed E-state index contributed by atoms with van der Waals surface area (Å²) in [5, 5.41) is 3.85. The van der Waals surface area contributed by atoms with Gasteiger partial charge < -0.3 is 20.7 Å². The van der Waals surface area contributed by atoms with E-state index < -0.39 is 5.60 Å². The fourth-order valence-corrected chi connectivity index (χ4v) is 4.94. The molecule has 0 aromatic heterocycles. The number of nitrogens with two attached hydrogens (primary N) is 1. The van der Waals surface area contributed by atoms with Crippen LogP contribution >= 0.6 is 0 Å². The zero-order valence-electron chi connectivity index (χ0n) is 17.8. The van der Waals surface area contributed by atoms with Crippen LogP contribution in [-0.4, -0.2) is 71.3 Å². The van der Waals surface area contributed by atoms with Crippen molar-refractivity contribution >= 4 is 6.09 Å². The molecule has 1 unspecified atom stereocenters. The minimum absolute atomic E-state index is 0.0725. The third-order valence-electron chi connectivity index (χ3n) is 6.63. The zero-order chi connectivity index (χ0) is 19.7. The average Bonchev–Trinajstić information content (AvgIpc) is 3.00. The van der Waals surface area contributed by atoms with E-state index in [1.807, 2.05) is 25.7 Å². The van der Waals surface area contributed by atoms with Crippen molar-refractivity contribution in [3.05, 3.63) is 0 Å². The van der Waals surface area contributed by atoms with Crippen molar-refractivity contribution in [2.45, 2.75) is 102 Å². The van der Waals surface area contributed by atoms with Gasteiger partial charge in [-0.05, 0) is 59.8 Å². The van der Waals surface area contributed by atoms with Gasteiger partial charge in [0, 0.05) is 49.8 Å². The van der Waals surface area contributed by atoms with Crippen molar-refractivity contribution in [2.24, 2.45) is 5.73 Å². The lowest BCUT2D eigenvalue weighted by atomic mass is 9.89. The summed E-state index contributed by atoms with van der Waals surface area (Å²) in [6.07, 6.45) is 8.18. The monoisotopic (exact) mass is 380 g/mol. The number of piperidine rings is 1. The Morgan fingerprint density at radius 2 is 1.78 bits per heavy atom. The van der Waals surface area contributed by atoms with Crippen LogP contribution < -0.4 is 11.1 Å². The lowest BCUT2D eigenvalue weighted by Gasteiger charge is -2.44. The topological polar surface area (TPSA) is 70.8 Å². The van der Waals surface area contributed by atoms with E-state index in [1.165, 1.54) is 32.1 Å². The van der Waals surface area contributed by atoms with Crippen molar-refractivity contribution in [1.82, 2.24) is 15.1 Å². The van der Waals surface area contributed by atoms with E-state index in [4.69, 9.17) is 10.5 Å². The molecule has 3 rings (SSSR count). The van der Waals surface area contributed by atoms with Gasteiger partial charge in [0.05, 0.1) is 0 Å². The highest BCUT2D eigenvalue weighted by Crippen LogP contribution is 2.31. The Morgan fingerprint density at radius 3 is 2.41 bits per heavy atom. The van der Waals surface area contributed by atoms with Crippen molar-refractivity contribution in [2.75, 3.05) is 26.2 Å². The molecule has 156 valence electrons. The Hall–Kier alpha value is -0.850. The molecule has 1 saturated carbocycles. The molecule has 0 aromatic rings. The molecule has 0 bridgehead atoms. The molecule has 3 aliphatic rings. The molecule has 0 aromatic carbocycles. The van der Waals surface area contributed by atoms with Crippen molar-refractivity contribution < 1.29 is 9.53 Å². The first-order valence-electron chi connectivity index (χ1n) is 10.9. The van der Waals surface area contributed by atoms with Crippen LogP contribution in [0.2, 0.25) is 0 Å². The van der Waals surface area contributed by atoms with E-state index >= 15 is 0 Å². The molecule has 6 nitrogen and oxygen atoms in total. The highest BCUT2D eigenvalue weighted by atomic mass is 16.6. The van der Waals surface area contributed by atoms with Gasteiger partial charge in [-0.25, -0.2) is 4.79 Å². The second-order valence-electron chi connectivity index (χ2n) is 10.1. The van der Waals surface area contributed by atoms with Gasteiger partial charge in [0.15, 0.2) is 0 Å². The minimum Gasteiger partial charge on any atom is -0.444 e. The number of rotatable bonds is 3. The molecule has 0 radical (unpaired) electrons. The Kier molecular flexibility index (Phi) is 6.38. The molecular formula is C21H40N4O2. The summed E-state index contributed by atoms with van der Waals surface area (Å²) in [4.78, 5) is 16.9. The number of nitrogens with zero attached hydrogens (tertiary/aromatic N) is 2. The van der Waals surface area contributed by atoms with Crippen LogP contribution in [0.15, 0.2) is 0 Å². The number of nitrogens with one attached hydrogen (secondary N) is 1. The summed E-state index contributed by atoms with van der Waals surface area (Å²) < 4.78 is 5.56. The molecule has 2 saturated heterocycles. The Morgan fingerprint density at radius 1 is 1.11 bits per heavy atom. The number of ether oxygens (including phenoxy) is 1. The Bertz CT molecular complexity index is 513. The predicted octanol–water partition coefficient (Wildman–Crippen LogP) is 2.71. The van der Waals surface area contributed by atoms with Crippen molar-refractivity contribution in [3.8, 4) is 0 Å². The van der Waals surface area contributed by atoms with Gasteiger partial charge in [0.1, 0.15) is 5.60 Å². The number of carbonyl (C=O) groups is 1. The number of carbonyl (C=O) groups excluding carboxylic acids is 1. The van der Waals surface area contributed by atoms with E-state index in [-0.39, 0.29) is 11.6 Å². The number of hydrogen-bond acceptors (Lipinski definition) is 5. The molecule has 3 N–H and O–H groups in total. The highest BCUT2D eigenvalue weighted by molar-refractivity contribution is 5.68. The minimum atomic E-state index is -0.430. The summed E-state index contributed by atoms with van der Waals surface area (Å²) in [5.74, 6) is 0. The van der Waals surface area contributed by atoms with Crippen molar-refractivity contribution in [1.29, 1.82) is 0 Å². The van der Waals surface area contributed by atoms with Crippen LogP contribution in [0.4, 0.5) is 4.79 Å². The summed E-state index contributed by atoms with van der Waals surface area (Å²) >= 11 is 0. The number of hydrogen-bond donors (Lipinski definition) is 2.